The molecule has 0 saturated heterocycles. The zero-order chi connectivity index (χ0) is 17.5. The van der Waals surface area contributed by atoms with Gasteiger partial charge in [-0.15, -0.1) is 0 Å². The minimum atomic E-state index is -2.20. The van der Waals surface area contributed by atoms with Gasteiger partial charge in [-0.2, -0.15) is 0 Å². The second kappa shape index (κ2) is 6.71. The molecule has 126 valence electrons. The Kier molecular flexibility index (Phi) is 6.04. The number of aryl methyl sites for hydroxylation is 1. The first kappa shape index (κ1) is 19.8. The van der Waals surface area contributed by atoms with E-state index in [1.54, 1.807) is 9.96 Å². The van der Waals surface area contributed by atoms with Gasteiger partial charge in [0.25, 0.3) is 0 Å². The average Bonchev–Trinajstić information content (AvgIpc) is 2.30. The van der Waals surface area contributed by atoms with Crippen molar-refractivity contribution in [3.8, 4) is 0 Å². The van der Waals surface area contributed by atoms with Crippen molar-refractivity contribution in [2.75, 3.05) is 0 Å². The van der Waals surface area contributed by atoms with E-state index >= 15 is 0 Å². The molecular formula is C21H38Ge. The molecule has 0 atom stereocenters. The molecule has 0 nitrogen and oxygen atoms in total. The Morgan fingerprint density at radius 2 is 1.18 bits per heavy atom. The molecule has 0 aliphatic heterocycles. The normalized spacial score (nSPS) is 13.5. The summed E-state index contributed by atoms with van der Waals surface area (Å²) < 4.78 is 4.17. The van der Waals surface area contributed by atoms with Gasteiger partial charge in [0.15, 0.2) is 0 Å². The van der Waals surface area contributed by atoms with Crippen LogP contribution in [0.5, 0.6) is 0 Å². The van der Waals surface area contributed by atoms with Crippen molar-refractivity contribution in [1.29, 1.82) is 0 Å². The summed E-state index contributed by atoms with van der Waals surface area (Å²) in [7, 11) is 0. The van der Waals surface area contributed by atoms with Crippen molar-refractivity contribution in [3.63, 3.8) is 0 Å². The topological polar surface area (TPSA) is 0 Å². The van der Waals surface area contributed by atoms with Gasteiger partial charge in [0.2, 0.25) is 0 Å². The van der Waals surface area contributed by atoms with Crippen LogP contribution < -0.4 is 4.40 Å². The molecule has 1 aromatic carbocycles. The molecule has 0 unspecified atom stereocenters. The third-order valence-corrected chi connectivity index (χ3v) is 20.6. The zero-order valence-electron chi connectivity index (χ0n) is 16.9. The van der Waals surface area contributed by atoms with Gasteiger partial charge in [-0.05, 0) is 0 Å². The SMILES string of the molecule is Cc1c[c]([Ge]([CH](C)C)([CH](C)C)[CH](C)C)cc(C(C)(C)C)c1C. The van der Waals surface area contributed by atoms with E-state index in [2.05, 4.69) is 88.3 Å². The fourth-order valence-electron chi connectivity index (χ4n) is 4.89. The van der Waals surface area contributed by atoms with Crippen LogP contribution >= 0.6 is 0 Å². The van der Waals surface area contributed by atoms with Crippen LogP contribution in [0.2, 0.25) is 14.3 Å². The molecule has 0 fully saturated rings. The molecule has 22 heavy (non-hydrogen) atoms. The summed E-state index contributed by atoms with van der Waals surface area (Å²) in [4.78, 5) is 0. The summed E-state index contributed by atoms with van der Waals surface area (Å²) >= 11 is -2.20. The minimum absolute atomic E-state index is 0.226. The van der Waals surface area contributed by atoms with Crippen LogP contribution in [0.4, 0.5) is 0 Å². The summed E-state index contributed by atoms with van der Waals surface area (Å²) in [6, 6.07) is 5.15. The van der Waals surface area contributed by atoms with Gasteiger partial charge in [-0.1, -0.05) is 0 Å². The van der Waals surface area contributed by atoms with E-state index < -0.39 is 13.3 Å². The van der Waals surface area contributed by atoms with Crippen LogP contribution in [-0.4, -0.2) is 13.3 Å². The van der Waals surface area contributed by atoms with Gasteiger partial charge in [0.1, 0.15) is 0 Å². The van der Waals surface area contributed by atoms with Crippen LogP contribution in [-0.2, 0) is 5.41 Å². The summed E-state index contributed by atoms with van der Waals surface area (Å²) in [5.74, 6) is 0. The van der Waals surface area contributed by atoms with Gasteiger partial charge in [0, 0.05) is 0 Å². The molecule has 0 bridgehead atoms. The first-order valence-electron chi connectivity index (χ1n) is 8.98. The molecule has 0 aliphatic carbocycles. The van der Waals surface area contributed by atoms with Crippen molar-refractivity contribution < 1.29 is 0 Å². The predicted octanol–water partition coefficient (Wildman–Crippen LogP) is 6.49. The van der Waals surface area contributed by atoms with Crippen LogP contribution in [0.3, 0.4) is 0 Å². The molecule has 0 radical (unpaired) electrons. The third kappa shape index (κ3) is 3.32. The summed E-state index contributed by atoms with van der Waals surface area (Å²) in [6.07, 6.45) is 0. The Balaban J connectivity index is 3.75. The predicted molar refractivity (Wildman–Crippen MR) is 105 cm³/mol. The monoisotopic (exact) mass is 364 g/mol. The van der Waals surface area contributed by atoms with Gasteiger partial charge < -0.3 is 0 Å². The molecule has 1 rings (SSSR count). The van der Waals surface area contributed by atoms with Gasteiger partial charge in [0.05, 0.1) is 0 Å². The van der Waals surface area contributed by atoms with E-state index in [1.165, 1.54) is 11.1 Å². The van der Waals surface area contributed by atoms with Gasteiger partial charge >= 0.3 is 142 Å². The van der Waals surface area contributed by atoms with E-state index in [9.17, 15) is 0 Å². The fourth-order valence-corrected chi connectivity index (χ4v) is 19.3. The Morgan fingerprint density at radius 1 is 0.773 bits per heavy atom. The molecule has 0 N–H and O–H groups in total. The summed E-state index contributed by atoms with van der Waals surface area (Å²) in [5, 5.41) is 0. The molecular weight excluding hydrogens is 325 g/mol. The number of benzene rings is 1. The van der Waals surface area contributed by atoms with Crippen molar-refractivity contribution in [1.82, 2.24) is 0 Å². The van der Waals surface area contributed by atoms with Crippen LogP contribution in [0.25, 0.3) is 0 Å². The van der Waals surface area contributed by atoms with Crippen molar-refractivity contribution in [3.05, 3.63) is 28.8 Å². The van der Waals surface area contributed by atoms with E-state index in [1.807, 2.05) is 0 Å². The van der Waals surface area contributed by atoms with Gasteiger partial charge in [-0.25, -0.2) is 0 Å². The molecule has 0 spiro atoms. The van der Waals surface area contributed by atoms with E-state index in [0.29, 0.717) is 0 Å². The molecule has 0 saturated carbocycles. The number of hydrogen-bond donors (Lipinski definition) is 0. The maximum atomic E-state index is 2.60. The number of rotatable bonds is 4. The molecule has 0 aromatic heterocycles. The quantitative estimate of drug-likeness (QED) is 0.537. The summed E-state index contributed by atoms with van der Waals surface area (Å²) in [6.45, 7) is 26.5. The second-order valence-corrected chi connectivity index (χ2v) is 21.5. The van der Waals surface area contributed by atoms with Crippen LogP contribution in [0.1, 0.15) is 79.0 Å². The second-order valence-electron chi connectivity index (χ2n) is 9.11. The van der Waals surface area contributed by atoms with Crippen LogP contribution in [0, 0.1) is 13.8 Å². The van der Waals surface area contributed by atoms with Crippen molar-refractivity contribution in [2.24, 2.45) is 0 Å². The van der Waals surface area contributed by atoms with E-state index in [4.69, 9.17) is 0 Å². The average molecular weight is 363 g/mol. The molecule has 0 aliphatic rings. The zero-order valence-corrected chi connectivity index (χ0v) is 19.0. The van der Waals surface area contributed by atoms with E-state index in [0.717, 1.165) is 14.3 Å². The first-order valence-corrected chi connectivity index (χ1v) is 13.7. The third-order valence-electron chi connectivity index (χ3n) is 5.84. The fraction of sp³-hybridized carbons (Fsp3) is 0.714. The van der Waals surface area contributed by atoms with Crippen molar-refractivity contribution >= 4 is 17.7 Å². The molecule has 0 amide bonds. The molecule has 1 aromatic rings. The van der Waals surface area contributed by atoms with Crippen LogP contribution in [0.15, 0.2) is 12.1 Å². The Morgan fingerprint density at radius 3 is 1.50 bits per heavy atom. The number of hydrogen-bond acceptors (Lipinski definition) is 0. The maximum absolute atomic E-state index is 2.60. The Bertz CT molecular complexity index is 494. The first-order chi connectivity index (χ1) is 9.86. The Labute approximate surface area is 142 Å². The van der Waals surface area contributed by atoms with Crippen molar-refractivity contribution in [2.45, 2.75) is 95.8 Å². The molecule has 0 heterocycles. The Hall–Kier alpha value is -0.237. The summed E-state index contributed by atoms with van der Waals surface area (Å²) in [5.41, 5.74) is 4.76. The van der Waals surface area contributed by atoms with E-state index in [-0.39, 0.29) is 5.41 Å². The standard InChI is InChI=1S/C21H38Ge/c1-14(2)22(15(3)4,16(5)6)19-12-17(7)18(8)20(13-19)21(9,10)11/h12-16H,1-11H3. The molecule has 1 heteroatoms. The van der Waals surface area contributed by atoms with Gasteiger partial charge in [-0.3, -0.25) is 0 Å².